The van der Waals surface area contributed by atoms with Gasteiger partial charge in [0.15, 0.2) is 0 Å². The average molecular weight is 203 g/mol. The van der Waals surface area contributed by atoms with Gasteiger partial charge in [0.2, 0.25) is 0 Å². The molecule has 1 aliphatic heterocycles. The molecule has 84 valence electrons. The van der Waals surface area contributed by atoms with Crippen LogP contribution in [-0.4, -0.2) is 43.7 Å². The summed E-state index contributed by atoms with van der Waals surface area (Å²) < 4.78 is 11.1. The molecule has 0 saturated carbocycles. The second-order valence-corrected chi connectivity index (χ2v) is 3.78. The number of aliphatic hydroxyl groups is 1. The molecular formula is C10H21NO3. The van der Waals surface area contributed by atoms with E-state index in [0.717, 1.165) is 38.9 Å². The molecule has 0 aromatic rings. The molecule has 0 atom stereocenters. The van der Waals surface area contributed by atoms with Gasteiger partial charge in [0.1, 0.15) is 0 Å². The maximum atomic E-state index is 8.62. The molecule has 1 heterocycles. The number of nitrogens with two attached hydrogens (primary N) is 1. The zero-order chi connectivity index (χ0) is 10.3. The minimum Gasteiger partial charge on any atom is -0.396 e. The van der Waals surface area contributed by atoms with Gasteiger partial charge in [-0.15, -0.1) is 0 Å². The smallest absolute Gasteiger partial charge is 0.0847 e. The van der Waals surface area contributed by atoms with E-state index in [9.17, 15) is 0 Å². The highest BCUT2D eigenvalue weighted by atomic mass is 16.5. The van der Waals surface area contributed by atoms with Crippen LogP contribution in [0.5, 0.6) is 0 Å². The Labute approximate surface area is 85.4 Å². The first-order valence-electron chi connectivity index (χ1n) is 5.36. The van der Waals surface area contributed by atoms with Crippen molar-refractivity contribution in [3.63, 3.8) is 0 Å². The molecule has 1 fully saturated rings. The van der Waals surface area contributed by atoms with Gasteiger partial charge in [-0.2, -0.15) is 0 Å². The molecule has 1 aliphatic rings. The van der Waals surface area contributed by atoms with Gasteiger partial charge in [-0.05, 0) is 12.8 Å². The van der Waals surface area contributed by atoms with Gasteiger partial charge in [-0.25, -0.2) is 0 Å². The van der Waals surface area contributed by atoms with E-state index in [1.54, 1.807) is 0 Å². The highest BCUT2D eigenvalue weighted by Crippen LogP contribution is 2.24. The van der Waals surface area contributed by atoms with E-state index in [1.807, 2.05) is 0 Å². The van der Waals surface area contributed by atoms with Gasteiger partial charge in [0.25, 0.3) is 0 Å². The van der Waals surface area contributed by atoms with Crippen molar-refractivity contribution < 1.29 is 14.6 Å². The molecule has 4 heteroatoms. The third-order valence-corrected chi connectivity index (χ3v) is 2.74. The molecule has 0 aromatic carbocycles. The lowest BCUT2D eigenvalue weighted by Gasteiger charge is -2.36. The lowest BCUT2D eigenvalue weighted by Crippen LogP contribution is -2.45. The Morgan fingerprint density at radius 3 is 2.57 bits per heavy atom. The maximum absolute atomic E-state index is 8.62. The fourth-order valence-corrected chi connectivity index (χ4v) is 1.65. The Hall–Kier alpha value is -0.160. The first kappa shape index (κ1) is 11.9. The van der Waals surface area contributed by atoms with Crippen LogP contribution in [0.3, 0.4) is 0 Å². The summed E-state index contributed by atoms with van der Waals surface area (Å²) in [7, 11) is 0. The monoisotopic (exact) mass is 203 g/mol. The lowest BCUT2D eigenvalue weighted by molar-refractivity contribution is -0.106. The van der Waals surface area contributed by atoms with Crippen molar-refractivity contribution in [2.75, 3.05) is 33.0 Å². The Morgan fingerprint density at radius 2 is 2.00 bits per heavy atom. The van der Waals surface area contributed by atoms with Crippen LogP contribution in [0, 0.1) is 0 Å². The second-order valence-electron chi connectivity index (χ2n) is 3.78. The fraction of sp³-hybridized carbons (Fsp3) is 1.00. The molecule has 4 nitrogen and oxygen atoms in total. The van der Waals surface area contributed by atoms with Crippen LogP contribution in [0.2, 0.25) is 0 Å². The van der Waals surface area contributed by atoms with Gasteiger partial charge in [0.05, 0.1) is 5.60 Å². The minimum atomic E-state index is -0.159. The van der Waals surface area contributed by atoms with Crippen molar-refractivity contribution in [2.45, 2.75) is 31.3 Å². The SMILES string of the molecule is NCC1(OCCCCO)CCOCC1. The summed E-state index contributed by atoms with van der Waals surface area (Å²) >= 11 is 0. The fourth-order valence-electron chi connectivity index (χ4n) is 1.65. The van der Waals surface area contributed by atoms with Gasteiger partial charge >= 0.3 is 0 Å². The summed E-state index contributed by atoms with van der Waals surface area (Å²) in [6.45, 7) is 2.99. The zero-order valence-electron chi connectivity index (χ0n) is 8.71. The van der Waals surface area contributed by atoms with Crippen LogP contribution in [0.15, 0.2) is 0 Å². The summed E-state index contributed by atoms with van der Waals surface area (Å²) in [6, 6.07) is 0. The quantitative estimate of drug-likeness (QED) is 0.609. The van der Waals surface area contributed by atoms with E-state index in [0.29, 0.717) is 13.2 Å². The van der Waals surface area contributed by atoms with E-state index in [2.05, 4.69) is 0 Å². The summed E-state index contributed by atoms with van der Waals surface area (Å²) in [5.41, 5.74) is 5.56. The van der Waals surface area contributed by atoms with E-state index in [1.165, 1.54) is 0 Å². The molecule has 0 bridgehead atoms. The highest BCUT2D eigenvalue weighted by molar-refractivity contribution is 4.84. The molecule has 0 aliphatic carbocycles. The van der Waals surface area contributed by atoms with Crippen molar-refractivity contribution in [2.24, 2.45) is 5.73 Å². The zero-order valence-corrected chi connectivity index (χ0v) is 8.71. The molecule has 3 N–H and O–H groups in total. The first-order valence-corrected chi connectivity index (χ1v) is 5.36. The van der Waals surface area contributed by atoms with Crippen molar-refractivity contribution in [3.05, 3.63) is 0 Å². The summed E-state index contributed by atoms with van der Waals surface area (Å²) in [4.78, 5) is 0. The van der Waals surface area contributed by atoms with Crippen molar-refractivity contribution in [3.8, 4) is 0 Å². The predicted molar refractivity (Wildman–Crippen MR) is 54.1 cm³/mol. The largest absolute Gasteiger partial charge is 0.396 e. The van der Waals surface area contributed by atoms with E-state index in [4.69, 9.17) is 20.3 Å². The molecule has 1 saturated heterocycles. The van der Waals surface area contributed by atoms with Gasteiger partial charge in [-0.3, -0.25) is 0 Å². The Balaban J connectivity index is 2.22. The van der Waals surface area contributed by atoms with Gasteiger partial charge < -0.3 is 20.3 Å². The Bertz CT molecular complexity index is 146. The summed E-state index contributed by atoms with van der Waals surface area (Å²) in [6.07, 6.45) is 3.49. The standard InChI is InChI=1S/C10H21NO3/c11-9-10(3-7-13-8-4-10)14-6-2-1-5-12/h12H,1-9,11H2. The number of rotatable bonds is 6. The van der Waals surface area contributed by atoms with E-state index in [-0.39, 0.29) is 12.2 Å². The summed E-state index contributed by atoms with van der Waals surface area (Å²) in [5, 5.41) is 8.62. The second kappa shape index (κ2) is 6.35. The number of unbranched alkanes of at least 4 members (excludes halogenated alkanes) is 1. The molecule has 0 radical (unpaired) electrons. The van der Waals surface area contributed by atoms with E-state index >= 15 is 0 Å². The molecule has 0 aromatic heterocycles. The van der Waals surface area contributed by atoms with Crippen LogP contribution in [0.25, 0.3) is 0 Å². The maximum Gasteiger partial charge on any atom is 0.0847 e. The van der Waals surface area contributed by atoms with Crippen LogP contribution < -0.4 is 5.73 Å². The lowest BCUT2D eigenvalue weighted by atomic mass is 9.94. The van der Waals surface area contributed by atoms with E-state index < -0.39 is 0 Å². The minimum absolute atomic E-state index is 0.159. The molecular weight excluding hydrogens is 182 g/mol. The third-order valence-electron chi connectivity index (χ3n) is 2.74. The molecule has 14 heavy (non-hydrogen) atoms. The number of ether oxygens (including phenoxy) is 2. The number of aliphatic hydroxyl groups excluding tert-OH is 1. The molecule has 0 spiro atoms. The van der Waals surface area contributed by atoms with Crippen molar-refractivity contribution >= 4 is 0 Å². The average Bonchev–Trinajstić information content (AvgIpc) is 2.26. The number of hydrogen-bond donors (Lipinski definition) is 2. The summed E-state index contributed by atoms with van der Waals surface area (Å²) in [5.74, 6) is 0. The van der Waals surface area contributed by atoms with Crippen LogP contribution >= 0.6 is 0 Å². The van der Waals surface area contributed by atoms with Crippen LogP contribution in [0.4, 0.5) is 0 Å². The topological polar surface area (TPSA) is 64.7 Å². The third kappa shape index (κ3) is 3.53. The van der Waals surface area contributed by atoms with Crippen molar-refractivity contribution in [1.29, 1.82) is 0 Å². The van der Waals surface area contributed by atoms with Gasteiger partial charge in [0, 0.05) is 45.8 Å². The van der Waals surface area contributed by atoms with Gasteiger partial charge in [-0.1, -0.05) is 0 Å². The predicted octanol–water partition coefficient (Wildman–Crippen LogP) is 0.283. The highest BCUT2D eigenvalue weighted by Gasteiger charge is 2.31. The molecule has 0 amide bonds. The molecule has 1 rings (SSSR count). The van der Waals surface area contributed by atoms with Crippen LogP contribution in [0.1, 0.15) is 25.7 Å². The van der Waals surface area contributed by atoms with Crippen molar-refractivity contribution in [1.82, 2.24) is 0 Å². The normalized spacial score (nSPS) is 21.0. The first-order chi connectivity index (χ1) is 6.83. The molecule has 0 unspecified atom stereocenters. The Kier molecular flexibility index (Phi) is 5.40. The number of hydrogen-bond acceptors (Lipinski definition) is 4. The Morgan fingerprint density at radius 1 is 1.29 bits per heavy atom. The van der Waals surface area contributed by atoms with Crippen LogP contribution in [-0.2, 0) is 9.47 Å².